The molecule has 1 aromatic heterocycles. The Labute approximate surface area is 155 Å². The van der Waals surface area contributed by atoms with Gasteiger partial charge in [-0.1, -0.05) is 42.5 Å². The molecule has 0 N–H and O–H groups in total. The van der Waals surface area contributed by atoms with E-state index in [2.05, 4.69) is 53.1 Å². The van der Waals surface area contributed by atoms with E-state index in [1.807, 2.05) is 36.4 Å². The highest BCUT2D eigenvalue weighted by Crippen LogP contribution is 2.35. The Balaban J connectivity index is 1.98. The molecule has 0 bridgehead atoms. The number of hydrogen-bond donors (Lipinski definition) is 0. The van der Waals surface area contributed by atoms with Crippen LogP contribution in [0, 0.1) is 22.7 Å². The SMILES string of the molecule is N#Cc1cc(C#N)cc(-n2c3ccccc3c3cc4ccccc4cc32)c1. The van der Waals surface area contributed by atoms with Gasteiger partial charge in [0.25, 0.3) is 0 Å². The molecular formula is C24H13N3. The Kier molecular flexibility index (Phi) is 3.22. The van der Waals surface area contributed by atoms with Crippen molar-refractivity contribution in [3.05, 3.63) is 90.0 Å². The molecule has 0 saturated heterocycles. The van der Waals surface area contributed by atoms with Crippen LogP contribution in [-0.2, 0) is 0 Å². The van der Waals surface area contributed by atoms with Crippen LogP contribution < -0.4 is 0 Å². The average Bonchev–Trinajstić information content (AvgIpc) is 3.05. The molecule has 4 aromatic carbocycles. The van der Waals surface area contributed by atoms with Gasteiger partial charge in [-0.2, -0.15) is 10.5 Å². The Morgan fingerprint density at radius 2 is 1.22 bits per heavy atom. The van der Waals surface area contributed by atoms with Crippen molar-refractivity contribution >= 4 is 32.6 Å². The third-order valence-electron chi connectivity index (χ3n) is 4.97. The summed E-state index contributed by atoms with van der Waals surface area (Å²) in [5, 5.41) is 23.4. The third kappa shape index (κ3) is 2.27. The lowest BCUT2D eigenvalue weighted by molar-refractivity contribution is 1.17. The molecule has 3 nitrogen and oxygen atoms in total. The molecule has 5 aromatic rings. The van der Waals surface area contributed by atoms with Crippen LogP contribution in [0.5, 0.6) is 0 Å². The van der Waals surface area contributed by atoms with Gasteiger partial charge in [-0.05, 0) is 47.2 Å². The molecule has 0 aliphatic heterocycles. The summed E-state index contributed by atoms with van der Waals surface area (Å²) in [5.74, 6) is 0. The first kappa shape index (κ1) is 15.2. The van der Waals surface area contributed by atoms with Gasteiger partial charge in [0.05, 0.1) is 34.3 Å². The summed E-state index contributed by atoms with van der Waals surface area (Å²) in [6.45, 7) is 0. The number of benzene rings is 4. The normalized spacial score (nSPS) is 10.9. The first-order valence-corrected chi connectivity index (χ1v) is 8.66. The molecule has 0 atom stereocenters. The van der Waals surface area contributed by atoms with Crippen LogP contribution in [0.25, 0.3) is 38.3 Å². The summed E-state index contributed by atoms with van der Waals surface area (Å²) in [7, 11) is 0. The second kappa shape index (κ2) is 5.73. The van der Waals surface area contributed by atoms with Crippen molar-refractivity contribution in [1.29, 1.82) is 10.5 Å². The van der Waals surface area contributed by atoms with Crippen molar-refractivity contribution < 1.29 is 0 Å². The lowest BCUT2D eigenvalue weighted by Crippen LogP contribution is -1.96. The number of rotatable bonds is 1. The Morgan fingerprint density at radius 3 is 1.93 bits per heavy atom. The minimum Gasteiger partial charge on any atom is -0.309 e. The van der Waals surface area contributed by atoms with Gasteiger partial charge >= 0.3 is 0 Å². The van der Waals surface area contributed by atoms with Gasteiger partial charge < -0.3 is 4.57 Å². The van der Waals surface area contributed by atoms with Gasteiger partial charge in [0, 0.05) is 16.5 Å². The maximum Gasteiger partial charge on any atom is 0.0992 e. The van der Waals surface area contributed by atoms with Gasteiger partial charge in [0.2, 0.25) is 0 Å². The molecule has 5 rings (SSSR count). The van der Waals surface area contributed by atoms with Crippen LogP contribution >= 0.6 is 0 Å². The van der Waals surface area contributed by atoms with E-state index in [0.717, 1.165) is 32.9 Å². The maximum atomic E-state index is 9.38. The summed E-state index contributed by atoms with van der Waals surface area (Å²) in [5.41, 5.74) is 3.91. The zero-order valence-electron chi connectivity index (χ0n) is 14.3. The Hall–Kier alpha value is -4.08. The zero-order chi connectivity index (χ0) is 18.4. The Bertz CT molecular complexity index is 1410. The highest BCUT2D eigenvalue weighted by Gasteiger charge is 2.14. The summed E-state index contributed by atoms with van der Waals surface area (Å²) < 4.78 is 2.14. The van der Waals surface area contributed by atoms with E-state index < -0.39 is 0 Å². The van der Waals surface area contributed by atoms with E-state index in [-0.39, 0.29) is 0 Å². The molecule has 0 amide bonds. The predicted molar refractivity (Wildman–Crippen MR) is 108 cm³/mol. The van der Waals surface area contributed by atoms with Crippen molar-refractivity contribution in [2.75, 3.05) is 0 Å². The number of aromatic nitrogens is 1. The molecule has 124 valence electrons. The van der Waals surface area contributed by atoms with E-state index in [0.29, 0.717) is 11.1 Å². The molecule has 1 heterocycles. The fourth-order valence-electron chi connectivity index (χ4n) is 3.80. The van der Waals surface area contributed by atoms with Crippen LogP contribution in [-0.4, -0.2) is 4.57 Å². The summed E-state index contributed by atoms with van der Waals surface area (Å²) in [6, 6.07) is 30.5. The summed E-state index contributed by atoms with van der Waals surface area (Å²) >= 11 is 0. The third-order valence-corrected chi connectivity index (χ3v) is 4.97. The van der Waals surface area contributed by atoms with E-state index in [1.165, 1.54) is 5.39 Å². The number of nitrogens with zero attached hydrogens (tertiary/aromatic N) is 3. The average molecular weight is 343 g/mol. The lowest BCUT2D eigenvalue weighted by atomic mass is 10.1. The molecule has 27 heavy (non-hydrogen) atoms. The number of nitriles is 2. The fourth-order valence-corrected chi connectivity index (χ4v) is 3.80. The van der Waals surface area contributed by atoms with Gasteiger partial charge in [-0.15, -0.1) is 0 Å². The van der Waals surface area contributed by atoms with Crippen molar-refractivity contribution in [1.82, 2.24) is 4.57 Å². The van der Waals surface area contributed by atoms with E-state index in [1.54, 1.807) is 6.07 Å². The standard InChI is InChI=1S/C24H13N3/c25-14-16-9-17(15-26)11-20(10-16)27-23-8-4-3-7-21(23)22-12-18-5-1-2-6-19(18)13-24(22)27/h1-13H. The summed E-state index contributed by atoms with van der Waals surface area (Å²) in [6.07, 6.45) is 0. The molecule has 0 aliphatic carbocycles. The number of hydrogen-bond acceptors (Lipinski definition) is 2. The van der Waals surface area contributed by atoms with Crippen molar-refractivity contribution in [2.24, 2.45) is 0 Å². The first-order chi connectivity index (χ1) is 13.3. The van der Waals surface area contributed by atoms with Crippen molar-refractivity contribution in [2.45, 2.75) is 0 Å². The zero-order valence-corrected chi connectivity index (χ0v) is 14.3. The van der Waals surface area contributed by atoms with Crippen molar-refractivity contribution in [3.8, 4) is 17.8 Å². The first-order valence-electron chi connectivity index (χ1n) is 8.66. The largest absolute Gasteiger partial charge is 0.309 e. The maximum absolute atomic E-state index is 9.38. The van der Waals surface area contributed by atoms with Crippen LogP contribution in [0.1, 0.15) is 11.1 Å². The van der Waals surface area contributed by atoms with E-state index >= 15 is 0 Å². The molecular weight excluding hydrogens is 330 g/mol. The minimum atomic E-state index is 0.482. The predicted octanol–water partition coefficient (Wildman–Crippen LogP) is 5.68. The molecule has 0 spiro atoms. The second-order valence-electron chi connectivity index (χ2n) is 6.56. The van der Waals surface area contributed by atoms with Crippen molar-refractivity contribution in [3.63, 3.8) is 0 Å². The molecule has 0 unspecified atom stereocenters. The van der Waals surface area contributed by atoms with Crippen LogP contribution in [0.4, 0.5) is 0 Å². The highest BCUT2D eigenvalue weighted by molar-refractivity contribution is 6.13. The highest BCUT2D eigenvalue weighted by atomic mass is 15.0. The molecule has 0 fully saturated rings. The quantitative estimate of drug-likeness (QED) is 0.393. The van der Waals surface area contributed by atoms with Gasteiger partial charge in [-0.25, -0.2) is 0 Å². The molecule has 0 aliphatic rings. The molecule has 3 heteroatoms. The molecule has 0 saturated carbocycles. The fraction of sp³-hybridized carbons (Fsp3) is 0. The number of para-hydroxylation sites is 1. The lowest BCUT2D eigenvalue weighted by Gasteiger charge is -2.09. The van der Waals surface area contributed by atoms with Crippen LogP contribution in [0.2, 0.25) is 0 Å². The van der Waals surface area contributed by atoms with Gasteiger partial charge in [0.15, 0.2) is 0 Å². The molecule has 0 radical (unpaired) electrons. The van der Waals surface area contributed by atoms with Crippen LogP contribution in [0.3, 0.4) is 0 Å². The minimum absolute atomic E-state index is 0.482. The second-order valence-corrected chi connectivity index (χ2v) is 6.56. The van der Waals surface area contributed by atoms with Gasteiger partial charge in [-0.3, -0.25) is 0 Å². The van der Waals surface area contributed by atoms with E-state index in [9.17, 15) is 10.5 Å². The number of fused-ring (bicyclic) bond motifs is 4. The monoisotopic (exact) mass is 343 g/mol. The summed E-state index contributed by atoms with van der Waals surface area (Å²) in [4.78, 5) is 0. The smallest absolute Gasteiger partial charge is 0.0992 e. The Morgan fingerprint density at radius 1 is 0.593 bits per heavy atom. The van der Waals surface area contributed by atoms with Gasteiger partial charge in [0.1, 0.15) is 0 Å². The topological polar surface area (TPSA) is 52.5 Å². The van der Waals surface area contributed by atoms with E-state index in [4.69, 9.17) is 0 Å². The van der Waals surface area contributed by atoms with Crippen LogP contribution in [0.15, 0.2) is 78.9 Å².